The number of halogens is 1. The fraction of sp³-hybridized carbons (Fsp3) is 0.238. The SMILES string of the molecule is Cc1cc(C(=O)NCCc2nc(-c3ccccc3)oc2C)c(C)cc1Br. The normalized spacial score (nSPS) is 10.8. The van der Waals surface area contributed by atoms with Gasteiger partial charge in [0.15, 0.2) is 0 Å². The highest BCUT2D eigenvalue weighted by Crippen LogP contribution is 2.22. The van der Waals surface area contributed by atoms with Gasteiger partial charge in [0.25, 0.3) is 5.91 Å². The van der Waals surface area contributed by atoms with E-state index in [2.05, 4.69) is 26.2 Å². The first kappa shape index (κ1) is 18.4. The Kier molecular flexibility index (Phi) is 5.57. The number of aromatic nitrogens is 1. The molecule has 0 atom stereocenters. The molecule has 1 aromatic heterocycles. The standard InChI is InChI=1S/C21H21BrN2O2/c1-13-12-18(22)14(2)11-17(13)20(25)23-10-9-19-15(3)26-21(24-19)16-7-5-4-6-8-16/h4-8,11-12H,9-10H2,1-3H3,(H,23,25). The summed E-state index contributed by atoms with van der Waals surface area (Å²) in [5, 5.41) is 2.98. The summed E-state index contributed by atoms with van der Waals surface area (Å²) in [6.07, 6.45) is 0.627. The number of hydrogen-bond donors (Lipinski definition) is 1. The molecule has 0 aliphatic heterocycles. The minimum atomic E-state index is -0.0671. The summed E-state index contributed by atoms with van der Waals surface area (Å²) < 4.78 is 6.77. The first-order valence-corrected chi connectivity index (χ1v) is 9.31. The molecule has 0 fully saturated rings. The zero-order chi connectivity index (χ0) is 18.7. The van der Waals surface area contributed by atoms with Gasteiger partial charge in [-0.2, -0.15) is 0 Å². The van der Waals surface area contributed by atoms with Crippen LogP contribution >= 0.6 is 15.9 Å². The number of carbonyl (C=O) groups excluding carboxylic acids is 1. The van der Waals surface area contributed by atoms with Gasteiger partial charge in [-0.25, -0.2) is 4.98 Å². The van der Waals surface area contributed by atoms with Gasteiger partial charge in [-0.05, 0) is 56.2 Å². The molecule has 1 heterocycles. The largest absolute Gasteiger partial charge is 0.441 e. The van der Waals surface area contributed by atoms with Crippen molar-refractivity contribution in [3.05, 3.63) is 75.1 Å². The Morgan fingerprint density at radius 2 is 1.85 bits per heavy atom. The Labute approximate surface area is 161 Å². The molecule has 0 aliphatic rings. The number of hydrogen-bond acceptors (Lipinski definition) is 3. The van der Waals surface area contributed by atoms with E-state index in [4.69, 9.17) is 4.42 Å². The number of amides is 1. The molecule has 0 saturated heterocycles. The maximum Gasteiger partial charge on any atom is 0.251 e. The Morgan fingerprint density at radius 1 is 1.12 bits per heavy atom. The number of nitrogens with one attached hydrogen (secondary N) is 1. The third-order valence-electron chi connectivity index (χ3n) is 4.31. The molecule has 1 N–H and O–H groups in total. The van der Waals surface area contributed by atoms with Gasteiger partial charge in [-0.1, -0.05) is 34.1 Å². The van der Waals surface area contributed by atoms with E-state index in [-0.39, 0.29) is 5.91 Å². The number of benzene rings is 2. The highest BCUT2D eigenvalue weighted by Gasteiger charge is 2.13. The second-order valence-electron chi connectivity index (χ2n) is 6.31. The minimum Gasteiger partial charge on any atom is -0.441 e. The monoisotopic (exact) mass is 412 g/mol. The molecule has 134 valence electrons. The van der Waals surface area contributed by atoms with Crippen molar-refractivity contribution in [1.82, 2.24) is 10.3 Å². The van der Waals surface area contributed by atoms with E-state index < -0.39 is 0 Å². The van der Waals surface area contributed by atoms with Crippen molar-refractivity contribution in [2.24, 2.45) is 0 Å². The van der Waals surface area contributed by atoms with Crippen LogP contribution < -0.4 is 5.32 Å². The van der Waals surface area contributed by atoms with Crippen LogP contribution in [0.1, 0.15) is 32.9 Å². The average Bonchev–Trinajstić information content (AvgIpc) is 3.00. The maximum absolute atomic E-state index is 12.5. The summed E-state index contributed by atoms with van der Waals surface area (Å²) in [5.41, 5.74) is 4.51. The molecule has 2 aromatic carbocycles. The molecular weight excluding hydrogens is 392 g/mol. The van der Waals surface area contributed by atoms with Crippen molar-refractivity contribution in [3.8, 4) is 11.5 Å². The smallest absolute Gasteiger partial charge is 0.251 e. The highest BCUT2D eigenvalue weighted by molar-refractivity contribution is 9.10. The van der Waals surface area contributed by atoms with Crippen molar-refractivity contribution in [3.63, 3.8) is 0 Å². The number of aryl methyl sites for hydroxylation is 3. The molecule has 3 rings (SSSR count). The summed E-state index contributed by atoms with van der Waals surface area (Å²) in [7, 11) is 0. The fourth-order valence-corrected chi connectivity index (χ4v) is 3.24. The van der Waals surface area contributed by atoms with Crippen molar-refractivity contribution < 1.29 is 9.21 Å². The molecule has 4 nitrogen and oxygen atoms in total. The van der Waals surface area contributed by atoms with Crippen LogP contribution in [0.3, 0.4) is 0 Å². The number of oxazole rings is 1. The van der Waals surface area contributed by atoms with Gasteiger partial charge in [-0.15, -0.1) is 0 Å². The molecule has 0 unspecified atom stereocenters. The molecular formula is C21H21BrN2O2. The molecule has 1 amide bonds. The molecule has 0 bridgehead atoms. The van der Waals surface area contributed by atoms with Gasteiger partial charge in [0.1, 0.15) is 5.76 Å². The predicted molar refractivity (Wildman–Crippen MR) is 106 cm³/mol. The topological polar surface area (TPSA) is 55.1 Å². The van der Waals surface area contributed by atoms with Crippen LogP contribution in [0.4, 0.5) is 0 Å². The van der Waals surface area contributed by atoms with Crippen LogP contribution in [0.5, 0.6) is 0 Å². The van der Waals surface area contributed by atoms with E-state index in [9.17, 15) is 4.79 Å². The van der Waals surface area contributed by atoms with Gasteiger partial charge in [0.05, 0.1) is 5.69 Å². The van der Waals surface area contributed by atoms with Crippen LogP contribution in [0.25, 0.3) is 11.5 Å². The summed E-state index contributed by atoms with van der Waals surface area (Å²) >= 11 is 3.49. The highest BCUT2D eigenvalue weighted by atomic mass is 79.9. The third kappa shape index (κ3) is 4.05. The van der Waals surface area contributed by atoms with Gasteiger partial charge in [-0.3, -0.25) is 4.79 Å². The lowest BCUT2D eigenvalue weighted by Crippen LogP contribution is -2.26. The van der Waals surface area contributed by atoms with E-state index in [0.29, 0.717) is 24.4 Å². The number of rotatable bonds is 5. The summed E-state index contributed by atoms with van der Waals surface area (Å²) in [6.45, 7) is 6.32. The number of nitrogens with zero attached hydrogens (tertiary/aromatic N) is 1. The second kappa shape index (κ2) is 7.87. The molecule has 3 aromatic rings. The van der Waals surface area contributed by atoms with Crippen LogP contribution in [0.2, 0.25) is 0 Å². The van der Waals surface area contributed by atoms with E-state index in [1.54, 1.807) is 0 Å². The fourth-order valence-electron chi connectivity index (χ4n) is 2.78. The first-order chi connectivity index (χ1) is 12.5. The van der Waals surface area contributed by atoms with Crippen molar-refractivity contribution in [2.75, 3.05) is 6.54 Å². The van der Waals surface area contributed by atoms with Gasteiger partial charge in [0, 0.05) is 28.6 Å². The maximum atomic E-state index is 12.5. The van der Waals surface area contributed by atoms with Crippen molar-refractivity contribution in [2.45, 2.75) is 27.2 Å². The Morgan fingerprint density at radius 3 is 2.58 bits per heavy atom. The summed E-state index contributed by atoms with van der Waals surface area (Å²) in [6, 6.07) is 13.7. The molecule has 5 heteroatoms. The average molecular weight is 413 g/mol. The molecule has 0 spiro atoms. The lowest BCUT2D eigenvalue weighted by molar-refractivity contribution is 0.0953. The van der Waals surface area contributed by atoms with E-state index in [0.717, 1.165) is 32.6 Å². The zero-order valence-corrected chi connectivity index (χ0v) is 16.7. The Balaban J connectivity index is 1.64. The lowest BCUT2D eigenvalue weighted by Gasteiger charge is -2.09. The van der Waals surface area contributed by atoms with E-state index in [1.165, 1.54) is 0 Å². The minimum absolute atomic E-state index is 0.0671. The summed E-state index contributed by atoms with van der Waals surface area (Å²) in [5.74, 6) is 1.33. The lowest BCUT2D eigenvalue weighted by atomic mass is 10.1. The quantitative estimate of drug-likeness (QED) is 0.641. The first-order valence-electron chi connectivity index (χ1n) is 8.52. The van der Waals surface area contributed by atoms with Crippen LogP contribution in [0.15, 0.2) is 51.4 Å². The second-order valence-corrected chi connectivity index (χ2v) is 7.16. The van der Waals surface area contributed by atoms with Crippen molar-refractivity contribution >= 4 is 21.8 Å². The third-order valence-corrected chi connectivity index (χ3v) is 5.17. The molecule has 0 radical (unpaired) electrons. The Bertz CT molecular complexity index is 933. The number of carbonyl (C=O) groups is 1. The Hall–Kier alpha value is -2.40. The predicted octanol–water partition coefficient (Wildman–Crippen LogP) is 5.00. The molecule has 26 heavy (non-hydrogen) atoms. The van der Waals surface area contributed by atoms with Crippen LogP contribution in [-0.2, 0) is 6.42 Å². The van der Waals surface area contributed by atoms with Crippen molar-refractivity contribution in [1.29, 1.82) is 0 Å². The van der Waals surface area contributed by atoms with Gasteiger partial charge < -0.3 is 9.73 Å². The zero-order valence-electron chi connectivity index (χ0n) is 15.1. The van der Waals surface area contributed by atoms with E-state index in [1.807, 2.05) is 63.2 Å². The molecule has 0 saturated carbocycles. The van der Waals surface area contributed by atoms with Gasteiger partial charge in [0.2, 0.25) is 5.89 Å². The van der Waals surface area contributed by atoms with Gasteiger partial charge >= 0.3 is 0 Å². The van der Waals surface area contributed by atoms with Crippen LogP contribution in [-0.4, -0.2) is 17.4 Å². The molecule has 0 aliphatic carbocycles. The van der Waals surface area contributed by atoms with Crippen LogP contribution in [0, 0.1) is 20.8 Å². The van der Waals surface area contributed by atoms with E-state index >= 15 is 0 Å². The summed E-state index contributed by atoms with van der Waals surface area (Å²) in [4.78, 5) is 17.0.